The van der Waals surface area contributed by atoms with Crippen molar-refractivity contribution >= 4 is 140 Å². The number of nitrogens with zero attached hydrogens (tertiary/aromatic N) is 3. The quantitative estimate of drug-likeness (QED) is 0.0134. The number of fused-ring (bicyclic) bond motifs is 2. The minimum atomic E-state index is -2.00. The monoisotopic (exact) mass is 1970 g/mol. The number of carboxylic acids is 2. The Kier molecular flexibility index (Phi) is 43.9. The summed E-state index contributed by atoms with van der Waals surface area (Å²) in [6.45, 7) is 5.57. The highest BCUT2D eigenvalue weighted by molar-refractivity contribution is 6.31. The number of carboxylic acid groups (broad SMARTS) is 2. The normalized spacial score (nSPS) is 18.0. The van der Waals surface area contributed by atoms with Crippen molar-refractivity contribution in [1.29, 1.82) is 10.8 Å². The van der Waals surface area contributed by atoms with Crippen LogP contribution in [0.2, 0.25) is 5.02 Å². The number of amides is 14. The molecular weight excluding hydrogens is 1830 g/mol. The summed E-state index contributed by atoms with van der Waals surface area (Å²) >= 11 is 6.31. The van der Waals surface area contributed by atoms with E-state index in [1.807, 2.05) is 31.2 Å². The average Bonchev–Trinajstić information content (AvgIpc) is 1.60. The van der Waals surface area contributed by atoms with E-state index in [1.54, 1.807) is 86.8 Å². The van der Waals surface area contributed by atoms with Crippen LogP contribution in [0, 0.1) is 16.7 Å². The number of carbonyl (C=O) groups is 16. The number of aromatic amines is 1. The van der Waals surface area contributed by atoms with Crippen LogP contribution in [0.25, 0.3) is 21.7 Å². The second kappa shape index (κ2) is 55.6. The van der Waals surface area contributed by atoms with Gasteiger partial charge in [0.05, 0.1) is 19.1 Å². The van der Waals surface area contributed by atoms with E-state index in [2.05, 4.69) is 79.4 Å². The Morgan fingerprint density at radius 1 is 0.457 bits per heavy atom. The number of aliphatic carboxylic acids is 2. The third kappa shape index (κ3) is 33.0. The molecule has 9 rings (SSSR count). The van der Waals surface area contributed by atoms with E-state index >= 15 is 24.0 Å². The number of aliphatic hydroxyl groups excluding tert-OH is 1. The number of likely N-dealkylation sites (tertiary alicyclic amines) is 3. The van der Waals surface area contributed by atoms with Gasteiger partial charge in [0.15, 0.2) is 11.9 Å². The number of rotatable bonds is 56. The molecule has 44 heteroatoms. The number of benzene rings is 4. The van der Waals surface area contributed by atoms with Gasteiger partial charge < -0.3 is 132 Å². The molecule has 0 unspecified atom stereocenters. The van der Waals surface area contributed by atoms with Gasteiger partial charge in [0.25, 0.3) is 0 Å². The van der Waals surface area contributed by atoms with Crippen LogP contribution in [0.4, 0.5) is 0 Å². The summed E-state index contributed by atoms with van der Waals surface area (Å²) in [6, 6.07) is 5.38. The van der Waals surface area contributed by atoms with Crippen LogP contribution in [0.3, 0.4) is 0 Å². The smallest absolute Gasteiger partial charge is 0.326 e. The topological polar surface area (TPSA) is 680 Å². The van der Waals surface area contributed by atoms with E-state index < -0.39 is 204 Å². The Morgan fingerprint density at radius 3 is 1.46 bits per heavy atom. The van der Waals surface area contributed by atoms with Crippen LogP contribution in [-0.2, 0) is 96.0 Å². The summed E-state index contributed by atoms with van der Waals surface area (Å²) in [4.78, 5) is 239. The lowest BCUT2D eigenvalue weighted by molar-refractivity contribution is -0.152. The van der Waals surface area contributed by atoms with Crippen molar-refractivity contribution < 1.29 is 92.0 Å². The van der Waals surface area contributed by atoms with Gasteiger partial charge in [0.1, 0.15) is 84.6 Å². The fourth-order valence-corrected chi connectivity index (χ4v) is 18.3. The Hall–Kier alpha value is -13.1. The summed E-state index contributed by atoms with van der Waals surface area (Å²) in [7, 11) is 0. The third-order valence-corrected chi connectivity index (χ3v) is 25.7. The molecule has 1 aromatic heterocycles. The molecule has 0 radical (unpaired) electrons. The maximum absolute atomic E-state index is 15.2. The van der Waals surface area contributed by atoms with Crippen molar-refractivity contribution in [2.45, 2.75) is 278 Å². The summed E-state index contributed by atoms with van der Waals surface area (Å²) < 4.78 is 0. The predicted molar refractivity (Wildman–Crippen MR) is 521 cm³/mol. The van der Waals surface area contributed by atoms with Crippen molar-refractivity contribution in [3.05, 3.63) is 119 Å². The molecule has 0 bridgehead atoms. The fourth-order valence-electron chi connectivity index (χ4n) is 18.1. The highest BCUT2D eigenvalue weighted by Gasteiger charge is 2.46. The molecule has 0 saturated carbocycles. The van der Waals surface area contributed by atoms with Crippen molar-refractivity contribution in [2.24, 2.45) is 28.9 Å². The Morgan fingerprint density at radius 2 is 0.914 bits per heavy atom. The van der Waals surface area contributed by atoms with Crippen LogP contribution >= 0.6 is 11.6 Å². The standard InChI is InChI=1S/C96H139ClN24O19/c1-4-5-28-67(111-82(127)64(29-11-13-39-98)108-81(126)65(32-17-42-105-95(100)101)109-84(129)70(47-55(2)3)113-83(128)66(33-18-43-106-96(102)103)110-86(131)73(115-80(125)63-31-16-41-104-63)50-59-53-107-69-51-60(97)37-38-62(59)69)91(136)119-44-19-34-76(119)90(135)117-74(52-79(123)124)88(133)118-75(54-122)89(134)114-71(48-56-22-7-6-8-23-56)85(130)116-72(49-58-26-15-25-57-24-9-10-27-61(57)58)87(132)112-68(30-12-14-40-99)92(137)120-45-20-35-77(120)93(138)121-46-21-36-78(121)94(139)140/h6-10,15,22-27,37-38,51,53,55,63-68,70-78,104,107,122H,4-5,11-14,16-21,28-36,39-50,52,54,98-99H2,1-3H3,(H,108,126)(H,109,129)(H,110,131)(H,111,127)(H,112,132)(H,113,128)(H,114,134)(H,115,125)(H,116,130)(H,117,135)(H,118,133)(H,123,124)(H,139,140)(H4,100,101,105)(H4,102,103,106)/t63-,64-,65-,66-,67-,68-,70-,71-,72-,73-,74-,75-,76-,77-,78-/m0/s1. The SMILES string of the molecule is CCCC[C@H](NC(=O)[C@H](CCCCN)NC(=O)[C@H](CCCNC(=N)N)NC(=O)[C@H](CC(C)C)NC(=O)[C@H](CCCNC(=N)N)NC(=O)[C@H](Cc1c[nH]c2cc(Cl)ccc12)NC(=O)[C@@H]1CCCN1)C(=O)N1CCC[C@H]1C(=O)N[C@@H](CC(=O)O)C(=O)N[C@@H](CO)C(=O)N[C@@H](Cc1ccccc1)C(=O)N[C@@H](Cc1cccc2ccccc12)C(=O)N[C@@H](CCCCN)C(=O)N1CCC[C@H]1C(=O)N1CCC[C@H]1C(=O)O. The average molecular weight is 1970 g/mol. The summed E-state index contributed by atoms with van der Waals surface area (Å²) in [5.41, 5.74) is 25.5. The lowest BCUT2D eigenvalue weighted by Gasteiger charge is -2.33. The van der Waals surface area contributed by atoms with Gasteiger partial charge in [0.2, 0.25) is 82.7 Å². The number of aliphatic hydroxyl groups is 1. The second-order valence-corrected chi connectivity index (χ2v) is 37.0. The minimum Gasteiger partial charge on any atom is -0.481 e. The number of H-pyrrole nitrogens is 1. The number of nitrogens with two attached hydrogens (primary N) is 4. The molecule has 43 nitrogen and oxygen atoms in total. The molecule has 28 N–H and O–H groups in total. The van der Waals surface area contributed by atoms with Crippen molar-refractivity contribution in [3.8, 4) is 0 Å². The molecule has 0 aliphatic carbocycles. The van der Waals surface area contributed by atoms with Gasteiger partial charge in [-0.2, -0.15) is 0 Å². The maximum atomic E-state index is 15.2. The molecule has 4 saturated heterocycles. The number of hydrogen-bond acceptors (Lipinski definition) is 22. The van der Waals surface area contributed by atoms with E-state index in [0.717, 1.165) is 17.2 Å². The Balaban J connectivity index is 0.895. The lowest BCUT2D eigenvalue weighted by atomic mass is 9.97. The molecule has 140 heavy (non-hydrogen) atoms. The number of nitrogens with one attached hydrogen (secondary N) is 17. The van der Waals surface area contributed by atoms with Gasteiger partial charge >= 0.3 is 11.9 Å². The van der Waals surface area contributed by atoms with Crippen LogP contribution in [0.5, 0.6) is 0 Å². The first-order valence-electron chi connectivity index (χ1n) is 48.5. The zero-order chi connectivity index (χ0) is 102. The minimum absolute atomic E-state index is 0.0110. The number of guanidine groups is 2. The van der Waals surface area contributed by atoms with Gasteiger partial charge in [-0.05, 0) is 194 Å². The molecule has 5 heterocycles. The summed E-state index contributed by atoms with van der Waals surface area (Å²) in [6.07, 6.45) is 5.04. The zero-order valence-electron chi connectivity index (χ0n) is 79.6. The molecule has 4 fully saturated rings. The molecule has 4 aliphatic heterocycles. The highest BCUT2D eigenvalue weighted by Crippen LogP contribution is 2.30. The van der Waals surface area contributed by atoms with E-state index in [9.17, 15) is 68.1 Å². The third-order valence-electron chi connectivity index (χ3n) is 25.5. The van der Waals surface area contributed by atoms with Crippen LogP contribution in [0.15, 0.2) is 97.2 Å². The summed E-state index contributed by atoms with van der Waals surface area (Å²) in [5, 5.41) is 87.7. The van der Waals surface area contributed by atoms with Gasteiger partial charge in [-0.1, -0.05) is 124 Å². The molecule has 0 spiro atoms. The number of unbranched alkanes of at least 4 members (excludes halogenated alkanes) is 3. The van der Waals surface area contributed by atoms with Crippen molar-refractivity contribution in [1.82, 2.24) is 94.1 Å². The molecule has 4 aromatic carbocycles. The number of carbonyl (C=O) groups excluding carboxylic acids is 14. The largest absolute Gasteiger partial charge is 0.481 e. The fraction of sp³-hybridized carbons (Fsp3) is 0.562. The van der Waals surface area contributed by atoms with Crippen LogP contribution in [-0.4, -0.2) is 291 Å². The van der Waals surface area contributed by atoms with Gasteiger partial charge in [-0.15, -0.1) is 0 Å². The highest BCUT2D eigenvalue weighted by atomic mass is 35.5. The summed E-state index contributed by atoms with van der Waals surface area (Å²) in [5.74, 6) is -15.6. The molecule has 15 atom stereocenters. The first kappa shape index (κ1) is 111. The molecular formula is C96H139ClN24O19. The Bertz CT molecular complexity index is 5130. The maximum Gasteiger partial charge on any atom is 0.326 e. The number of aromatic nitrogens is 1. The first-order chi connectivity index (χ1) is 67.1. The van der Waals surface area contributed by atoms with Crippen LogP contribution < -0.4 is 97.4 Å². The van der Waals surface area contributed by atoms with E-state index in [0.29, 0.717) is 90.5 Å². The van der Waals surface area contributed by atoms with E-state index in [-0.39, 0.29) is 160 Å². The van der Waals surface area contributed by atoms with Crippen molar-refractivity contribution in [3.63, 3.8) is 0 Å². The lowest BCUT2D eigenvalue weighted by Crippen LogP contribution is -2.61. The van der Waals surface area contributed by atoms with Gasteiger partial charge in [-0.3, -0.25) is 82.7 Å². The molecule has 14 amide bonds. The first-order valence-corrected chi connectivity index (χ1v) is 48.8. The number of hydrogen-bond donors (Lipinski definition) is 24. The van der Waals surface area contributed by atoms with Crippen molar-refractivity contribution in [2.75, 3.05) is 59.0 Å². The second-order valence-electron chi connectivity index (χ2n) is 36.6. The van der Waals surface area contributed by atoms with Gasteiger partial charge in [-0.25, -0.2) is 4.79 Å². The van der Waals surface area contributed by atoms with E-state index in [4.69, 9.17) is 45.4 Å². The predicted octanol–water partition coefficient (Wildman–Crippen LogP) is -0.367. The van der Waals surface area contributed by atoms with Crippen LogP contribution in [0.1, 0.15) is 185 Å². The molecule has 5 aromatic rings. The zero-order valence-corrected chi connectivity index (χ0v) is 80.4. The molecule has 764 valence electrons. The van der Waals surface area contributed by atoms with Gasteiger partial charge in [0, 0.05) is 74.1 Å². The Labute approximate surface area is 817 Å². The van der Waals surface area contributed by atoms with E-state index in [1.165, 1.54) is 14.7 Å². The number of halogens is 1. The molecule has 4 aliphatic rings.